The SMILES string of the molecule is Cc1cccc([N+](=O)[O-])c1NC(=O)CN(C)CCOc1ccccc1Cl. The van der Waals surface area contributed by atoms with Crippen LogP contribution in [0.1, 0.15) is 5.56 Å². The lowest BCUT2D eigenvalue weighted by Crippen LogP contribution is -2.33. The van der Waals surface area contributed by atoms with Crippen LogP contribution in [0.4, 0.5) is 11.4 Å². The Bertz CT molecular complexity index is 798. The van der Waals surface area contributed by atoms with Crippen molar-refractivity contribution in [3.8, 4) is 5.75 Å². The summed E-state index contributed by atoms with van der Waals surface area (Å²) in [4.78, 5) is 24.5. The van der Waals surface area contributed by atoms with Crippen LogP contribution in [0.5, 0.6) is 5.75 Å². The minimum absolute atomic E-state index is 0.0807. The zero-order valence-corrected chi connectivity index (χ0v) is 15.3. The lowest BCUT2D eigenvalue weighted by atomic mass is 10.1. The molecule has 1 N–H and O–H groups in total. The van der Waals surface area contributed by atoms with Gasteiger partial charge >= 0.3 is 0 Å². The summed E-state index contributed by atoms with van der Waals surface area (Å²) in [6.07, 6.45) is 0. The monoisotopic (exact) mass is 377 g/mol. The first-order valence-electron chi connectivity index (χ1n) is 7.98. The van der Waals surface area contributed by atoms with Crippen LogP contribution in [-0.4, -0.2) is 42.5 Å². The molecule has 0 unspecified atom stereocenters. The topological polar surface area (TPSA) is 84.7 Å². The molecule has 138 valence electrons. The summed E-state index contributed by atoms with van der Waals surface area (Å²) in [5, 5.41) is 14.2. The van der Waals surface area contributed by atoms with E-state index in [0.29, 0.717) is 29.5 Å². The molecule has 0 aliphatic heterocycles. The van der Waals surface area contributed by atoms with E-state index in [1.165, 1.54) is 6.07 Å². The summed E-state index contributed by atoms with van der Waals surface area (Å²) in [5.74, 6) is 0.255. The van der Waals surface area contributed by atoms with Gasteiger partial charge in [-0.15, -0.1) is 0 Å². The Hall–Kier alpha value is -2.64. The van der Waals surface area contributed by atoms with Gasteiger partial charge in [-0.25, -0.2) is 0 Å². The number of likely N-dealkylation sites (N-methyl/N-ethyl adjacent to an activating group) is 1. The fourth-order valence-corrected chi connectivity index (χ4v) is 2.53. The predicted octanol–water partition coefficient (Wildman–Crippen LogP) is 3.51. The van der Waals surface area contributed by atoms with Crippen molar-refractivity contribution in [3.05, 3.63) is 63.2 Å². The molecule has 0 aliphatic rings. The van der Waals surface area contributed by atoms with Crippen molar-refractivity contribution in [2.45, 2.75) is 6.92 Å². The van der Waals surface area contributed by atoms with E-state index >= 15 is 0 Å². The molecule has 26 heavy (non-hydrogen) atoms. The molecule has 0 aromatic heterocycles. The van der Waals surface area contributed by atoms with Gasteiger partial charge in [0.25, 0.3) is 5.69 Å². The second kappa shape index (κ2) is 9.17. The summed E-state index contributed by atoms with van der Waals surface area (Å²) < 4.78 is 5.58. The number of carbonyl (C=O) groups excluding carboxylic acids is 1. The number of hydrogen-bond donors (Lipinski definition) is 1. The zero-order valence-electron chi connectivity index (χ0n) is 14.6. The number of anilines is 1. The van der Waals surface area contributed by atoms with Gasteiger partial charge in [0.15, 0.2) is 0 Å². The molecule has 2 aromatic carbocycles. The maximum absolute atomic E-state index is 12.2. The van der Waals surface area contributed by atoms with Crippen molar-refractivity contribution >= 4 is 28.9 Å². The smallest absolute Gasteiger partial charge is 0.293 e. The standard InChI is InChI=1S/C18H20ClN3O4/c1-13-6-5-8-15(22(24)25)18(13)20-17(23)12-21(2)10-11-26-16-9-4-3-7-14(16)19/h3-9H,10-12H2,1-2H3,(H,20,23). The quantitative estimate of drug-likeness (QED) is 0.562. The molecule has 0 saturated heterocycles. The number of carbonyl (C=O) groups is 1. The molecule has 2 aromatic rings. The molecular formula is C18H20ClN3O4. The summed E-state index contributed by atoms with van der Waals surface area (Å²) >= 11 is 6.01. The lowest BCUT2D eigenvalue weighted by Gasteiger charge is -2.17. The molecule has 0 fully saturated rings. The number of aryl methyl sites for hydroxylation is 1. The van der Waals surface area contributed by atoms with Gasteiger partial charge in [0, 0.05) is 12.6 Å². The number of nitro benzene ring substituents is 1. The Kier molecular flexibility index (Phi) is 6.94. The Morgan fingerprint density at radius 1 is 1.27 bits per heavy atom. The summed E-state index contributed by atoms with van der Waals surface area (Å²) in [6, 6.07) is 11.8. The van der Waals surface area contributed by atoms with E-state index in [4.69, 9.17) is 16.3 Å². The third kappa shape index (κ3) is 5.44. The highest BCUT2D eigenvalue weighted by Gasteiger charge is 2.18. The number of rotatable bonds is 8. The molecular weight excluding hydrogens is 358 g/mol. The van der Waals surface area contributed by atoms with E-state index in [0.717, 1.165) is 0 Å². The number of nitro groups is 1. The van der Waals surface area contributed by atoms with Crippen molar-refractivity contribution in [2.75, 3.05) is 32.1 Å². The number of nitrogens with one attached hydrogen (secondary N) is 1. The highest BCUT2D eigenvalue weighted by atomic mass is 35.5. The Morgan fingerprint density at radius 2 is 2.00 bits per heavy atom. The van der Waals surface area contributed by atoms with E-state index < -0.39 is 4.92 Å². The Morgan fingerprint density at radius 3 is 2.69 bits per heavy atom. The van der Waals surface area contributed by atoms with Gasteiger partial charge < -0.3 is 10.1 Å². The maximum atomic E-state index is 12.2. The van der Waals surface area contributed by atoms with E-state index in [1.807, 2.05) is 12.1 Å². The van der Waals surface area contributed by atoms with Crippen LogP contribution < -0.4 is 10.1 Å². The van der Waals surface area contributed by atoms with Gasteiger partial charge in [-0.2, -0.15) is 0 Å². The summed E-state index contributed by atoms with van der Waals surface area (Å²) in [7, 11) is 1.77. The van der Waals surface area contributed by atoms with Gasteiger partial charge in [-0.3, -0.25) is 19.8 Å². The first kappa shape index (κ1) is 19.7. The molecule has 0 heterocycles. The Balaban J connectivity index is 1.86. The number of amides is 1. The van der Waals surface area contributed by atoms with Crippen molar-refractivity contribution in [3.63, 3.8) is 0 Å². The molecule has 0 aliphatic carbocycles. The number of hydrogen-bond acceptors (Lipinski definition) is 5. The molecule has 2 rings (SSSR count). The first-order valence-corrected chi connectivity index (χ1v) is 8.36. The van der Waals surface area contributed by atoms with Crippen LogP contribution in [0.15, 0.2) is 42.5 Å². The third-order valence-electron chi connectivity index (χ3n) is 3.69. The summed E-state index contributed by atoms with van der Waals surface area (Å²) in [5.41, 5.74) is 0.739. The third-order valence-corrected chi connectivity index (χ3v) is 4.00. The van der Waals surface area contributed by atoms with Gasteiger partial charge in [-0.1, -0.05) is 35.9 Å². The van der Waals surface area contributed by atoms with Crippen LogP contribution in [-0.2, 0) is 4.79 Å². The molecule has 0 radical (unpaired) electrons. The van der Waals surface area contributed by atoms with Crippen LogP contribution in [0.25, 0.3) is 0 Å². The summed E-state index contributed by atoms with van der Waals surface area (Å²) in [6.45, 7) is 2.65. The lowest BCUT2D eigenvalue weighted by molar-refractivity contribution is -0.384. The number of para-hydroxylation sites is 2. The molecule has 0 spiro atoms. The van der Waals surface area contributed by atoms with E-state index in [9.17, 15) is 14.9 Å². The van der Waals surface area contributed by atoms with Crippen molar-refractivity contribution < 1.29 is 14.5 Å². The molecule has 0 saturated carbocycles. The predicted molar refractivity (Wildman–Crippen MR) is 101 cm³/mol. The van der Waals surface area contributed by atoms with Gasteiger partial charge in [0.1, 0.15) is 18.0 Å². The molecule has 7 nitrogen and oxygen atoms in total. The minimum Gasteiger partial charge on any atom is -0.491 e. The number of halogens is 1. The van der Waals surface area contributed by atoms with Crippen LogP contribution in [0, 0.1) is 17.0 Å². The normalized spacial score (nSPS) is 10.6. The van der Waals surface area contributed by atoms with E-state index in [-0.39, 0.29) is 23.8 Å². The van der Waals surface area contributed by atoms with Crippen molar-refractivity contribution in [1.29, 1.82) is 0 Å². The van der Waals surface area contributed by atoms with E-state index in [2.05, 4.69) is 5.32 Å². The molecule has 1 amide bonds. The number of ether oxygens (including phenoxy) is 1. The minimum atomic E-state index is -0.510. The fraction of sp³-hybridized carbons (Fsp3) is 0.278. The average Bonchev–Trinajstić information content (AvgIpc) is 2.58. The van der Waals surface area contributed by atoms with Crippen LogP contribution in [0.3, 0.4) is 0 Å². The van der Waals surface area contributed by atoms with E-state index in [1.54, 1.807) is 43.1 Å². The number of benzene rings is 2. The molecule has 0 atom stereocenters. The molecule has 0 bridgehead atoms. The Labute approximate surface area is 156 Å². The largest absolute Gasteiger partial charge is 0.491 e. The van der Waals surface area contributed by atoms with Crippen molar-refractivity contribution in [1.82, 2.24) is 4.90 Å². The second-order valence-corrected chi connectivity index (χ2v) is 6.20. The van der Waals surface area contributed by atoms with Crippen LogP contribution >= 0.6 is 11.6 Å². The first-order chi connectivity index (χ1) is 12.4. The van der Waals surface area contributed by atoms with Crippen LogP contribution in [0.2, 0.25) is 5.02 Å². The zero-order chi connectivity index (χ0) is 19.1. The maximum Gasteiger partial charge on any atom is 0.293 e. The second-order valence-electron chi connectivity index (χ2n) is 5.79. The average molecular weight is 378 g/mol. The van der Waals surface area contributed by atoms with Crippen molar-refractivity contribution in [2.24, 2.45) is 0 Å². The highest BCUT2D eigenvalue weighted by molar-refractivity contribution is 6.32. The number of nitrogens with zero attached hydrogens (tertiary/aromatic N) is 2. The molecule has 8 heteroatoms. The van der Waals surface area contributed by atoms with Gasteiger partial charge in [0.05, 0.1) is 16.5 Å². The fourth-order valence-electron chi connectivity index (χ4n) is 2.34. The van der Waals surface area contributed by atoms with Gasteiger partial charge in [0.2, 0.25) is 5.91 Å². The van der Waals surface area contributed by atoms with Gasteiger partial charge in [-0.05, 0) is 31.7 Å². The highest BCUT2D eigenvalue weighted by Crippen LogP contribution is 2.27.